The number of fused-ring (bicyclic) bond motifs is 1. The van der Waals surface area contributed by atoms with Crippen LogP contribution in [-0.2, 0) is 11.2 Å². The molecule has 2 aromatic rings. The number of nitrogens with zero attached hydrogens (tertiary/aromatic N) is 3. The number of carbonyl (C=O) groups is 1. The first-order chi connectivity index (χ1) is 8.86. The molecule has 0 N–H and O–H groups in total. The second-order valence-corrected chi connectivity index (χ2v) is 4.64. The van der Waals surface area contributed by atoms with Crippen molar-refractivity contribution in [3.63, 3.8) is 0 Å². The zero-order valence-electron chi connectivity index (χ0n) is 10.1. The van der Waals surface area contributed by atoms with E-state index in [-0.39, 0.29) is 0 Å². The summed E-state index contributed by atoms with van der Waals surface area (Å²) in [6.07, 6.45) is 5.64. The number of carbonyl (C=O) groups excluding carboxylic acids is 1. The Labute approximate surface area is 105 Å². The fraction of sp³-hybridized carbons (Fsp3) is 0.462. The van der Waals surface area contributed by atoms with Gasteiger partial charge in [0.2, 0.25) is 0 Å². The smallest absolute Gasteiger partial charge is 0.166 e. The van der Waals surface area contributed by atoms with Crippen LogP contribution < -0.4 is 0 Å². The Hall–Kier alpha value is -1.75. The quantitative estimate of drug-likeness (QED) is 0.769. The summed E-state index contributed by atoms with van der Waals surface area (Å²) < 4.78 is 7.02. The van der Waals surface area contributed by atoms with Crippen molar-refractivity contribution in [1.82, 2.24) is 14.6 Å². The van der Waals surface area contributed by atoms with Crippen LogP contribution in [0.15, 0.2) is 18.3 Å². The monoisotopic (exact) mass is 245 g/mol. The Kier molecular flexibility index (Phi) is 3.06. The number of pyridine rings is 1. The first kappa shape index (κ1) is 11.3. The zero-order valence-corrected chi connectivity index (χ0v) is 10.1. The Morgan fingerprint density at radius 2 is 2.28 bits per heavy atom. The Bertz CT molecular complexity index is 558. The molecule has 0 spiro atoms. The van der Waals surface area contributed by atoms with Crippen LogP contribution in [-0.4, -0.2) is 34.1 Å². The van der Waals surface area contributed by atoms with Gasteiger partial charge in [-0.2, -0.15) is 5.10 Å². The first-order valence-electron chi connectivity index (χ1n) is 6.24. The average Bonchev–Trinajstić information content (AvgIpc) is 2.82. The van der Waals surface area contributed by atoms with Gasteiger partial charge in [0.15, 0.2) is 17.8 Å². The highest BCUT2D eigenvalue weighted by Crippen LogP contribution is 2.19. The molecule has 0 unspecified atom stereocenters. The number of aromatic nitrogens is 3. The van der Waals surface area contributed by atoms with Crippen LogP contribution in [0.3, 0.4) is 0 Å². The molecule has 0 aromatic carbocycles. The lowest BCUT2D eigenvalue weighted by atomic mass is 9.96. The van der Waals surface area contributed by atoms with Crippen molar-refractivity contribution in [3.8, 4) is 0 Å². The topological polar surface area (TPSA) is 56.5 Å². The van der Waals surface area contributed by atoms with Crippen LogP contribution >= 0.6 is 0 Å². The maximum absolute atomic E-state index is 10.9. The summed E-state index contributed by atoms with van der Waals surface area (Å²) in [5.74, 6) is 1.41. The first-order valence-corrected chi connectivity index (χ1v) is 6.24. The van der Waals surface area contributed by atoms with Gasteiger partial charge in [0.1, 0.15) is 0 Å². The molecule has 0 radical (unpaired) electrons. The number of hydrogen-bond acceptors (Lipinski definition) is 4. The fourth-order valence-electron chi connectivity index (χ4n) is 2.36. The minimum absolute atomic E-state index is 0.586. The van der Waals surface area contributed by atoms with E-state index in [1.807, 2.05) is 12.3 Å². The maximum atomic E-state index is 10.9. The van der Waals surface area contributed by atoms with Crippen molar-refractivity contribution in [3.05, 3.63) is 29.7 Å². The molecule has 0 amide bonds. The van der Waals surface area contributed by atoms with E-state index < -0.39 is 0 Å². The minimum atomic E-state index is 0.586. The van der Waals surface area contributed by atoms with E-state index in [9.17, 15) is 4.79 Å². The van der Waals surface area contributed by atoms with Crippen LogP contribution in [0.4, 0.5) is 0 Å². The molecule has 0 atom stereocenters. The Balaban J connectivity index is 1.86. The largest absolute Gasteiger partial charge is 0.381 e. The van der Waals surface area contributed by atoms with Crippen molar-refractivity contribution < 1.29 is 9.53 Å². The van der Waals surface area contributed by atoms with Gasteiger partial charge < -0.3 is 4.74 Å². The third-order valence-corrected chi connectivity index (χ3v) is 3.38. The van der Waals surface area contributed by atoms with Crippen LogP contribution in [0.2, 0.25) is 0 Å². The molecule has 5 heteroatoms. The van der Waals surface area contributed by atoms with Gasteiger partial charge in [-0.1, -0.05) is 0 Å². The van der Waals surface area contributed by atoms with Crippen LogP contribution in [0, 0.1) is 5.92 Å². The fourth-order valence-corrected chi connectivity index (χ4v) is 2.36. The van der Waals surface area contributed by atoms with Gasteiger partial charge in [0.05, 0.1) is 5.56 Å². The molecular formula is C13H15N3O2. The van der Waals surface area contributed by atoms with Gasteiger partial charge in [0.25, 0.3) is 0 Å². The summed E-state index contributed by atoms with van der Waals surface area (Å²) in [5.41, 5.74) is 1.23. The molecule has 1 saturated heterocycles. The molecule has 0 aliphatic carbocycles. The number of aldehydes is 1. The summed E-state index contributed by atoms with van der Waals surface area (Å²) in [6.45, 7) is 1.66. The summed E-state index contributed by atoms with van der Waals surface area (Å²) in [7, 11) is 0. The minimum Gasteiger partial charge on any atom is -0.381 e. The van der Waals surface area contributed by atoms with E-state index in [4.69, 9.17) is 4.74 Å². The van der Waals surface area contributed by atoms with Crippen molar-refractivity contribution in [2.45, 2.75) is 19.3 Å². The predicted octanol–water partition coefficient (Wildman–Crippen LogP) is 1.51. The molecule has 18 heavy (non-hydrogen) atoms. The normalized spacial score (nSPS) is 17.1. The third kappa shape index (κ3) is 2.13. The Morgan fingerprint density at radius 3 is 3.06 bits per heavy atom. The summed E-state index contributed by atoms with van der Waals surface area (Å²) in [6, 6.07) is 3.57. The SMILES string of the molecule is O=Cc1cccn2nc(CC3CCOCC3)nc12. The van der Waals surface area contributed by atoms with E-state index in [0.717, 1.165) is 44.6 Å². The molecular weight excluding hydrogens is 230 g/mol. The molecule has 3 heterocycles. The molecule has 5 nitrogen and oxygen atoms in total. The van der Waals surface area contributed by atoms with Crippen LogP contribution in [0.5, 0.6) is 0 Å². The summed E-state index contributed by atoms with van der Waals surface area (Å²) in [5, 5.41) is 4.42. The van der Waals surface area contributed by atoms with Gasteiger partial charge >= 0.3 is 0 Å². The van der Waals surface area contributed by atoms with Crippen molar-refractivity contribution in [2.24, 2.45) is 5.92 Å². The van der Waals surface area contributed by atoms with E-state index >= 15 is 0 Å². The van der Waals surface area contributed by atoms with Gasteiger partial charge in [-0.05, 0) is 30.9 Å². The highest BCUT2D eigenvalue weighted by molar-refractivity contribution is 5.83. The van der Waals surface area contributed by atoms with Crippen molar-refractivity contribution >= 4 is 11.9 Å². The molecule has 1 aliphatic heterocycles. The predicted molar refractivity (Wildman–Crippen MR) is 65.6 cm³/mol. The van der Waals surface area contributed by atoms with E-state index in [0.29, 0.717) is 17.1 Å². The second kappa shape index (κ2) is 4.86. The highest BCUT2D eigenvalue weighted by Gasteiger charge is 2.17. The lowest BCUT2D eigenvalue weighted by molar-refractivity contribution is 0.0660. The lowest BCUT2D eigenvalue weighted by Gasteiger charge is -2.20. The standard InChI is InChI=1S/C13H15N3O2/c17-9-11-2-1-5-16-13(11)14-12(15-16)8-10-3-6-18-7-4-10/h1-2,5,9-10H,3-4,6-8H2. The summed E-state index contributed by atoms with van der Waals surface area (Å²) in [4.78, 5) is 15.4. The lowest BCUT2D eigenvalue weighted by Crippen LogP contribution is -2.18. The van der Waals surface area contributed by atoms with Crippen molar-refractivity contribution in [2.75, 3.05) is 13.2 Å². The molecule has 1 aliphatic rings. The molecule has 0 bridgehead atoms. The third-order valence-electron chi connectivity index (χ3n) is 3.38. The molecule has 94 valence electrons. The van der Waals surface area contributed by atoms with E-state index in [1.54, 1.807) is 10.6 Å². The van der Waals surface area contributed by atoms with Gasteiger partial charge in [-0.25, -0.2) is 9.50 Å². The molecule has 2 aromatic heterocycles. The van der Waals surface area contributed by atoms with Crippen molar-refractivity contribution in [1.29, 1.82) is 0 Å². The van der Waals surface area contributed by atoms with Gasteiger partial charge in [0, 0.05) is 25.8 Å². The molecule has 1 fully saturated rings. The average molecular weight is 245 g/mol. The zero-order chi connectivity index (χ0) is 12.4. The van der Waals surface area contributed by atoms with E-state index in [2.05, 4.69) is 10.1 Å². The van der Waals surface area contributed by atoms with Crippen LogP contribution in [0.25, 0.3) is 5.65 Å². The van der Waals surface area contributed by atoms with Crippen LogP contribution in [0.1, 0.15) is 29.0 Å². The highest BCUT2D eigenvalue weighted by atomic mass is 16.5. The van der Waals surface area contributed by atoms with Gasteiger partial charge in [-0.15, -0.1) is 0 Å². The van der Waals surface area contributed by atoms with E-state index in [1.165, 1.54) is 0 Å². The molecule has 0 saturated carbocycles. The number of ether oxygens (including phenoxy) is 1. The summed E-state index contributed by atoms with van der Waals surface area (Å²) >= 11 is 0. The number of rotatable bonds is 3. The molecule has 3 rings (SSSR count). The Morgan fingerprint density at radius 1 is 1.44 bits per heavy atom. The van der Waals surface area contributed by atoms with Gasteiger partial charge in [-0.3, -0.25) is 4.79 Å². The maximum Gasteiger partial charge on any atom is 0.166 e. The number of hydrogen-bond donors (Lipinski definition) is 0. The second-order valence-electron chi connectivity index (χ2n) is 4.64.